The number of rotatable bonds is 7. The first-order chi connectivity index (χ1) is 16.2. The molecule has 33 heavy (non-hydrogen) atoms. The van der Waals surface area contributed by atoms with E-state index < -0.39 is 0 Å². The summed E-state index contributed by atoms with van der Waals surface area (Å²) in [6, 6.07) is 8.50. The van der Waals surface area contributed by atoms with Crippen LogP contribution in [-0.4, -0.2) is 63.5 Å². The van der Waals surface area contributed by atoms with Crippen molar-refractivity contribution in [3.63, 3.8) is 0 Å². The molecule has 0 unspecified atom stereocenters. The molecule has 0 radical (unpaired) electrons. The smallest absolute Gasteiger partial charge is 0.290 e. The van der Waals surface area contributed by atoms with Gasteiger partial charge in [0.15, 0.2) is 0 Å². The van der Waals surface area contributed by atoms with Crippen LogP contribution in [0.2, 0.25) is 0 Å². The van der Waals surface area contributed by atoms with Gasteiger partial charge >= 0.3 is 0 Å². The summed E-state index contributed by atoms with van der Waals surface area (Å²) in [4.78, 5) is 35.4. The van der Waals surface area contributed by atoms with Gasteiger partial charge in [-0.1, -0.05) is 18.2 Å². The van der Waals surface area contributed by atoms with Crippen molar-refractivity contribution in [2.45, 2.75) is 38.0 Å². The average Bonchev–Trinajstić information content (AvgIpc) is 3.63. The number of likely N-dealkylation sites (tertiary alicyclic amines) is 1. The maximum Gasteiger partial charge on any atom is 0.290 e. The maximum atomic E-state index is 12.4. The van der Waals surface area contributed by atoms with Crippen molar-refractivity contribution < 1.29 is 14.7 Å². The molecule has 174 valence electrons. The van der Waals surface area contributed by atoms with Crippen molar-refractivity contribution in [3.8, 4) is 0 Å². The summed E-state index contributed by atoms with van der Waals surface area (Å²) < 4.78 is 0. The largest absolute Gasteiger partial charge is 0.483 e. The molecule has 1 saturated carbocycles. The molecule has 5 rings (SSSR count). The van der Waals surface area contributed by atoms with E-state index in [9.17, 15) is 4.79 Å². The second kappa shape index (κ2) is 11.0. The lowest BCUT2D eigenvalue weighted by Crippen LogP contribution is -2.39. The topological polar surface area (TPSA) is 111 Å². The third-order valence-corrected chi connectivity index (χ3v) is 6.51. The highest BCUT2D eigenvalue weighted by molar-refractivity contribution is 5.93. The highest BCUT2D eigenvalue weighted by atomic mass is 16.3. The number of aromatic amines is 1. The van der Waals surface area contributed by atoms with Crippen LogP contribution in [0.1, 0.15) is 53.3 Å². The van der Waals surface area contributed by atoms with Gasteiger partial charge in [0, 0.05) is 48.5 Å². The summed E-state index contributed by atoms with van der Waals surface area (Å²) in [6.07, 6.45) is 11.2. The monoisotopic (exact) mass is 449 g/mol. The SMILES string of the molecule is O=C(NCC1CCN(CCc2c[nH]c3ccccc23)CC1)c1cnc(C2CC2)nc1.O=CO. The molecule has 0 bridgehead atoms. The lowest BCUT2D eigenvalue weighted by atomic mass is 9.96. The Morgan fingerprint density at radius 2 is 1.85 bits per heavy atom. The quantitative estimate of drug-likeness (QED) is 0.478. The molecule has 8 heteroatoms. The summed E-state index contributed by atoms with van der Waals surface area (Å²) in [5, 5.41) is 11.3. The van der Waals surface area contributed by atoms with E-state index in [-0.39, 0.29) is 12.4 Å². The number of carbonyl (C=O) groups excluding carboxylic acids is 1. The number of benzene rings is 1. The fourth-order valence-corrected chi connectivity index (χ4v) is 4.38. The number of hydrogen-bond donors (Lipinski definition) is 3. The Labute approximate surface area is 193 Å². The Balaban J connectivity index is 0.000000821. The van der Waals surface area contributed by atoms with Crippen molar-refractivity contribution in [2.24, 2.45) is 5.92 Å². The minimum Gasteiger partial charge on any atom is -0.483 e. The zero-order chi connectivity index (χ0) is 23.0. The molecule has 3 N–H and O–H groups in total. The van der Waals surface area contributed by atoms with E-state index >= 15 is 0 Å². The van der Waals surface area contributed by atoms with Crippen LogP contribution >= 0.6 is 0 Å². The minimum atomic E-state index is -0.250. The van der Waals surface area contributed by atoms with Crippen molar-refractivity contribution in [2.75, 3.05) is 26.2 Å². The molecule has 2 aliphatic rings. The number of piperidine rings is 1. The molecular formula is C25H31N5O3. The number of carbonyl (C=O) groups is 2. The summed E-state index contributed by atoms with van der Waals surface area (Å²) in [7, 11) is 0. The number of para-hydroxylation sites is 1. The molecule has 2 fully saturated rings. The normalized spacial score (nSPS) is 16.7. The Kier molecular flexibility index (Phi) is 7.67. The van der Waals surface area contributed by atoms with Crippen LogP contribution < -0.4 is 5.32 Å². The lowest BCUT2D eigenvalue weighted by Gasteiger charge is -2.32. The number of carboxylic acid groups (broad SMARTS) is 1. The van der Waals surface area contributed by atoms with Crippen LogP contribution in [0, 0.1) is 5.92 Å². The Hall–Kier alpha value is -3.26. The standard InChI is InChI=1S/C24H29N5O.CH2O2/c30-24(20-15-26-23(27-16-20)18-5-6-18)28-13-17-7-10-29(11-8-17)12-9-19-14-25-22-4-2-1-3-21(19)22;2-1-3/h1-4,14-18,25H,5-13H2,(H,28,30);1H,(H,2,3). The van der Waals surface area contributed by atoms with E-state index in [1.54, 1.807) is 12.4 Å². The van der Waals surface area contributed by atoms with Gasteiger partial charge in [0.25, 0.3) is 12.4 Å². The number of H-pyrrole nitrogens is 1. The predicted octanol–water partition coefficient (Wildman–Crippen LogP) is 3.22. The van der Waals surface area contributed by atoms with Crippen molar-refractivity contribution >= 4 is 23.3 Å². The number of hydrogen-bond acceptors (Lipinski definition) is 5. The summed E-state index contributed by atoms with van der Waals surface area (Å²) in [5.74, 6) is 1.89. The first kappa shape index (κ1) is 22.9. The van der Waals surface area contributed by atoms with E-state index in [1.165, 1.54) is 29.3 Å². The molecule has 3 heterocycles. The molecule has 1 aliphatic carbocycles. The molecule has 2 aromatic heterocycles. The van der Waals surface area contributed by atoms with Gasteiger partial charge in [-0.05, 0) is 62.7 Å². The molecule has 1 aromatic carbocycles. The van der Waals surface area contributed by atoms with Crippen molar-refractivity contribution in [1.82, 2.24) is 25.2 Å². The van der Waals surface area contributed by atoms with Crippen molar-refractivity contribution in [1.29, 1.82) is 0 Å². The maximum absolute atomic E-state index is 12.4. The van der Waals surface area contributed by atoms with E-state index in [1.807, 2.05) is 0 Å². The number of fused-ring (bicyclic) bond motifs is 1. The molecule has 3 aromatic rings. The van der Waals surface area contributed by atoms with Gasteiger partial charge in [0.1, 0.15) is 5.82 Å². The summed E-state index contributed by atoms with van der Waals surface area (Å²) in [5.41, 5.74) is 3.18. The van der Waals surface area contributed by atoms with Crippen LogP contribution in [0.3, 0.4) is 0 Å². The lowest BCUT2D eigenvalue weighted by molar-refractivity contribution is -0.122. The third kappa shape index (κ3) is 6.16. The van der Waals surface area contributed by atoms with Crippen molar-refractivity contribution in [3.05, 3.63) is 59.8 Å². The first-order valence-electron chi connectivity index (χ1n) is 11.6. The summed E-state index contributed by atoms with van der Waals surface area (Å²) >= 11 is 0. The Bertz CT molecular complexity index is 1050. The van der Waals surface area contributed by atoms with Crippen LogP contribution in [0.5, 0.6) is 0 Å². The third-order valence-electron chi connectivity index (χ3n) is 6.51. The van der Waals surface area contributed by atoms with Gasteiger partial charge in [0.05, 0.1) is 5.56 Å². The second-order valence-corrected chi connectivity index (χ2v) is 8.81. The fourth-order valence-electron chi connectivity index (χ4n) is 4.38. The second-order valence-electron chi connectivity index (χ2n) is 8.81. The molecule has 0 spiro atoms. The van der Waals surface area contributed by atoms with Gasteiger partial charge in [-0.15, -0.1) is 0 Å². The summed E-state index contributed by atoms with van der Waals surface area (Å²) in [6.45, 7) is 3.77. The number of nitrogens with zero attached hydrogens (tertiary/aromatic N) is 3. The molecule has 1 aliphatic heterocycles. The van der Waals surface area contributed by atoms with Gasteiger partial charge < -0.3 is 20.3 Å². The molecule has 0 atom stereocenters. The van der Waals surface area contributed by atoms with E-state index in [2.05, 4.69) is 55.6 Å². The fraction of sp³-hybridized carbons (Fsp3) is 0.440. The highest BCUT2D eigenvalue weighted by Crippen LogP contribution is 2.37. The van der Waals surface area contributed by atoms with Crippen LogP contribution in [0.25, 0.3) is 10.9 Å². The minimum absolute atomic E-state index is 0.0564. The predicted molar refractivity (Wildman–Crippen MR) is 126 cm³/mol. The molecule has 1 amide bonds. The number of amides is 1. The first-order valence-corrected chi connectivity index (χ1v) is 11.6. The number of aromatic nitrogens is 3. The zero-order valence-electron chi connectivity index (χ0n) is 18.7. The van der Waals surface area contributed by atoms with Crippen LogP contribution in [0.4, 0.5) is 0 Å². The Morgan fingerprint density at radius 3 is 2.55 bits per heavy atom. The average molecular weight is 450 g/mol. The Morgan fingerprint density at radius 1 is 1.15 bits per heavy atom. The van der Waals surface area contributed by atoms with Crippen LogP contribution in [0.15, 0.2) is 42.9 Å². The van der Waals surface area contributed by atoms with E-state index in [0.717, 1.165) is 51.3 Å². The number of nitrogens with one attached hydrogen (secondary N) is 2. The van der Waals surface area contributed by atoms with Gasteiger partial charge in [-0.3, -0.25) is 9.59 Å². The molecule has 1 saturated heterocycles. The molecule has 8 nitrogen and oxygen atoms in total. The van der Waals surface area contributed by atoms with Crippen LogP contribution in [-0.2, 0) is 11.2 Å². The highest BCUT2D eigenvalue weighted by Gasteiger charge is 2.26. The van der Waals surface area contributed by atoms with E-state index in [0.29, 0.717) is 17.4 Å². The van der Waals surface area contributed by atoms with Gasteiger partial charge in [-0.2, -0.15) is 0 Å². The zero-order valence-corrected chi connectivity index (χ0v) is 18.7. The van der Waals surface area contributed by atoms with Gasteiger partial charge in [0.2, 0.25) is 0 Å². The van der Waals surface area contributed by atoms with E-state index in [4.69, 9.17) is 9.90 Å². The van der Waals surface area contributed by atoms with Gasteiger partial charge in [-0.25, -0.2) is 9.97 Å². The molecular weight excluding hydrogens is 418 g/mol.